The molecule has 0 radical (unpaired) electrons. The topological polar surface area (TPSA) is 81.7 Å². The molecule has 8 nitrogen and oxygen atoms in total. The molecule has 210 valence electrons. The molecule has 0 aliphatic heterocycles. The molecule has 0 aliphatic rings. The van der Waals surface area contributed by atoms with E-state index in [1.54, 1.807) is 0 Å². The van der Waals surface area contributed by atoms with Crippen molar-refractivity contribution in [3.63, 3.8) is 0 Å². The molecule has 0 aromatic heterocycles. The van der Waals surface area contributed by atoms with E-state index in [2.05, 4.69) is 40.8 Å². The fourth-order valence-corrected chi connectivity index (χ4v) is 3.84. The van der Waals surface area contributed by atoms with Crippen molar-refractivity contribution in [3.05, 3.63) is 0 Å². The summed E-state index contributed by atoms with van der Waals surface area (Å²) < 4.78 is 38.8. The van der Waals surface area contributed by atoms with E-state index >= 15 is 0 Å². The van der Waals surface area contributed by atoms with Gasteiger partial charge in [-0.1, -0.05) is 47.5 Å². The average Bonchev–Trinajstić information content (AvgIpc) is 2.80. The monoisotopic (exact) mass is 522 g/mol. The van der Waals surface area contributed by atoms with Gasteiger partial charge in [-0.25, -0.2) is 0 Å². The van der Waals surface area contributed by atoms with Gasteiger partial charge in [-0.05, 0) is 31.0 Å². The molecule has 0 saturated carbocycles. The van der Waals surface area contributed by atoms with E-state index < -0.39 is 8.32 Å². The van der Waals surface area contributed by atoms with Crippen molar-refractivity contribution in [1.82, 2.24) is 0 Å². The molecule has 0 fully saturated rings. The third-order valence-electron chi connectivity index (χ3n) is 6.19. The number of rotatable bonds is 24. The second kappa shape index (κ2) is 21.5. The van der Waals surface area contributed by atoms with Gasteiger partial charge in [0, 0.05) is 0 Å². The molecule has 9 heteroatoms. The SMILES string of the molecule is CCCCC(CC)C(=O)OCCOCCOCCOCCOCCOCCO[Si](C)(C)C(C)(C)C. The predicted molar refractivity (Wildman–Crippen MR) is 142 cm³/mol. The van der Waals surface area contributed by atoms with Crippen LogP contribution in [0.15, 0.2) is 0 Å². The first-order chi connectivity index (χ1) is 16.7. The lowest BCUT2D eigenvalue weighted by Gasteiger charge is -2.36. The summed E-state index contributed by atoms with van der Waals surface area (Å²) in [5.74, 6) is -0.101. The Kier molecular flexibility index (Phi) is 21.2. The van der Waals surface area contributed by atoms with E-state index in [1.807, 2.05) is 6.92 Å². The number of hydrogen-bond acceptors (Lipinski definition) is 8. The maximum Gasteiger partial charge on any atom is 0.308 e. The van der Waals surface area contributed by atoms with Gasteiger partial charge in [-0.15, -0.1) is 0 Å². The number of hydrogen-bond donors (Lipinski definition) is 0. The summed E-state index contributed by atoms with van der Waals surface area (Å²) in [7, 11) is -1.69. The van der Waals surface area contributed by atoms with Crippen molar-refractivity contribution in [2.75, 3.05) is 79.3 Å². The maximum atomic E-state index is 12.0. The van der Waals surface area contributed by atoms with E-state index in [0.29, 0.717) is 79.3 Å². The molecule has 0 aliphatic carbocycles. The Morgan fingerprint density at radius 2 is 1.09 bits per heavy atom. The molecule has 0 saturated heterocycles. The van der Waals surface area contributed by atoms with E-state index in [0.717, 1.165) is 25.7 Å². The molecule has 1 atom stereocenters. The molecule has 35 heavy (non-hydrogen) atoms. The van der Waals surface area contributed by atoms with Crippen LogP contribution in [0.1, 0.15) is 60.3 Å². The smallest absolute Gasteiger partial charge is 0.308 e. The van der Waals surface area contributed by atoms with Crippen molar-refractivity contribution in [2.24, 2.45) is 5.92 Å². The second-order valence-electron chi connectivity index (χ2n) is 10.1. The first kappa shape index (κ1) is 34.4. The Bertz CT molecular complexity index is 496. The fraction of sp³-hybridized carbons (Fsp3) is 0.962. The zero-order valence-corrected chi connectivity index (χ0v) is 24.7. The van der Waals surface area contributed by atoms with Crippen LogP contribution in [0, 0.1) is 5.92 Å². The summed E-state index contributed by atoms with van der Waals surface area (Å²) in [6.45, 7) is 21.4. The van der Waals surface area contributed by atoms with Crippen LogP contribution in [0.4, 0.5) is 0 Å². The van der Waals surface area contributed by atoms with Crippen molar-refractivity contribution in [3.8, 4) is 0 Å². The minimum absolute atomic E-state index is 0.00882. The average molecular weight is 523 g/mol. The van der Waals surface area contributed by atoms with Gasteiger partial charge in [-0.3, -0.25) is 4.79 Å². The molecular weight excluding hydrogens is 468 g/mol. The van der Waals surface area contributed by atoms with Crippen molar-refractivity contribution < 1.29 is 37.6 Å². The van der Waals surface area contributed by atoms with Crippen LogP contribution in [-0.4, -0.2) is 93.6 Å². The van der Waals surface area contributed by atoms with E-state index in [-0.39, 0.29) is 16.9 Å². The summed E-state index contributed by atoms with van der Waals surface area (Å²) in [5, 5.41) is 0.221. The van der Waals surface area contributed by atoms with Gasteiger partial charge in [-0.2, -0.15) is 0 Å². The van der Waals surface area contributed by atoms with Crippen LogP contribution < -0.4 is 0 Å². The minimum Gasteiger partial charge on any atom is -0.463 e. The van der Waals surface area contributed by atoms with Crippen LogP contribution in [-0.2, 0) is 37.6 Å². The standard InChI is InChI=1S/C26H54O8Si/c1-8-10-11-24(9-2)25(27)33-22-20-31-18-16-29-14-12-28-13-15-30-17-19-32-21-23-34-35(6,7)26(3,4)5/h24H,8-23H2,1-7H3. The summed E-state index contributed by atoms with van der Waals surface area (Å²) >= 11 is 0. The highest BCUT2D eigenvalue weighted by molar-refractivity contribution is 6.74. The molecule has 0 N–H and O–H groups in total. The highest BCUT2D eigenvalue weighted by Crippen LogP contribution is 2.36. The maximum absolute atomic E-state index is 12.0. The quantitative estimate of drug-likeness (QED) is 0.101. The van der Waals surface area contributed by atoms with E-state index in [4.69, 9.17) is 32.8 Å². The lowest BCUT2D eigenvalue weighted by molar-refractivity contribution is -0.150. The van der Waals surface area contributed by atoms with Crippen LogP contribution in [0.3, 0.4) is 0 Å². The molecule has 0 aromatic rings. The van der Waals surface area contributed by atoms with Crippen molar-refractivity contribution >= 4 is 14.3 Å². The summed E-state index contributed by atoms with van der Waals surface area (Å²) in [5.41, 5.74) is 0. The number of unbranched alkanes of at least 4 members (excludes halogenated alkanes) is 1. The molecule has 0 bridgehead atoms. The normalized spacial score (nSPS) is 13.2. The number of carbonyl (C=O) groups excluding carboxylic acids is 1. The zero-order valence-electron chi connectivity index (χ0n) is 23.7. The second-order valence-corrected chi connectivity index (χ2v) is 14.9. The Hall–Kier alpha value is -0.553. The highest BCUT2D eigenvalue weighted by atomic mass is 28.4. The summed E-state index contributed by atoms with van der Waals surface area (Å²) in [6, 6.07) is 0. The van der Waals surface area contributed by atoms with E-state index in [9.17, 15) is 4.79 Å². The molecule has 0 heterocycles. The molecule has 0 amide bonds. The van der Waals surface area contributed by atoms with Gasteiger partial charge in [0.05, 0.1) is 78.6 Å². The predicted octanol–water partition coefficient (Wildman–Crippen LogP) is 4.85. The van der Waals surface area contributed by atoms with Crippen molar-refractivity contribution in [1.29, 1.82) is 0 Å². The Labute approximate surface area is 215 Å². The van der Waals surface area contributed by atoms with Crippen LogP contribution in [0.5, 0.6) is 0 Å². The van der Waals surface area contributed by atoms with E-state index in [1.165, 1.54) is 0 Å². The van der Waals surface area contributed by atoms with Gasteiger partial charge < -0.3 is 32.8 Å². The Morgan fingerprint density at radius 1 is 0.686 bits per heavy atom. The lowest BCUT2D eigenvalue weighted by atomic mass is 10.00. The Morgan fingerprint density at radius 3 is 1.46 bits per heavy atom. The molecule has 0 aromatic carbocycles. The summed E-state index contributed by atoms with van der Waals surface area (Å²) in [6.07, 6.45) is 3.87. The first-order valence-electron chi connectivity index (χ1n) is 13.3. The number of carbonyl (C=O) groups is 1. The first-order valence-corrected chi connectivity index (χ1v) is 16.3. The number of esters is 1. The van der Waals surface area contributed by atoms with Crippen LogP contribution in [0.25, 0.3) is 0 Å². The molecule has 0 spiro atoms. The number of ether oxygens (including phenoxy) is 6. The largest absolute Gasteiger partial charge is 0.463 e. The van der Waals surface area contributed by atoms with Gasteiger partial charge in [0.15, 0.2) is 8.32 Å². The zero-order chi connectivity index (χ0) is 26.4. The third-order valence-corrected chi connectivity index (χ3v) is 10.7. The molecule has 0 rings (SSSR count). The van der Waals surface area contributed by atoms with Gasteiger partial charge in [0.25, 0.3) is 0 Å². The highest BCUT2D eigenvalue weighted by Gasteiger charge is 2.36. The minimum atomic E-state index is -1.69. The van der Waals surface area contributed by atoms with Crippen molar-refractivity contribution in [2.45, 2.75) is 78.4 Å². The lowest BCUT2D eigenvalue weighted by Crippen LogP contribution is -2.41. The molecule has 1 unspecified atom stereocenters. The van der Waals surface area contributed by atoms with Crippen LogP contribution >= 0.6 is 0 Å². The van der Waals surface area contributed by atoms with Gasteiger partial charge in [0.1, 0.15) is 6.61 Å². The van der Waals surface area contributed by atoms with Crippen LogP contribution in [0.2, 0.25) is 18.1 Å². The molecular formula is C26H54O8Si. The Balaban J connectivity index is 3.33. The van der Waals surface area contributed by atoms with Gasteiger partial charge in [0.2, 0.25) is 0 Å². The summed E-state index contributed by atoms with van der Waals surface area (Å²) in [4.78, 5) is 12.0. The van der Waals surface area contributed by atoms with Gasteiger partial charge >= 0.3 is 5.97 Å². The fourth-order valence-electron chi connectivity index (χ4n) is 2.81. The third kappa shape index (κ3) is 19.3.